The Balaban J connectivity index is 1.66. The molecule has 7 heteroatoms. The first-order chi connectivity index (χ1) is 13.5. The molecule has 2 aromatic rings. The van der Waals surface area contributed by atoms with Gasteiger partial charge in [-0.1, -0.05) is 23.7 Å². The van der Waals surface area contributed by atoms with E-state index in [2.05, 4.69) is 5.32 Å². The van der Waals surface area contributed by atoms with Gasteiger partial charge in [0.1, 0.15) is 11.5 Å². The third kappa shape index (κ3) is 7.12. The van der Waals surface area contributed by atoms with Crippen molar-refractivity contribution in [2.75, 3.05) is 25.1 Å². The van der Waals surface area contributed by atoms with Gasteiger partial charge >= 0.3 is 5.97 Å². The lowest BCUT2D eigenvalue weighted by atomic mass is 10.2. The summed E-state index contributed by atoms with van der Waals surface area (Å²) < 4.78 is 16.0. The van der Waals surface area contributed by atoms with Crippen molar-refractivity contribution in [1.29, 1.82) is 0 Å². The molecule has 0 saturated carbocycles. The van der Waals surface area contributed by atoms with E-state index in [9.17, 15) is 9.59 Å². The highest BCUT2D eigenvalue weighted by Crippen LogP contribution is 2.23. The maximum absolute atomic E-state index is 12.0. The molecule has 2 aromatic carbocycles. The molecule has 0 heterocycles. The zero-order valence-corrected chi connectivity index (χ0v) is 16.8. The second-order valence-electron chi connectivity index (χ2n) is 6.00. The van der Waals surface area contributed by atoms with E-state index < -0.39 is 11.9 Å². The Hall–Kier alpha value is -2.73. The number of esters is 1. The van der Waals surface area contributed by atoms with E-state index in [-0.39, 0.29) is 13.0 Å². The van der Waals surface area contributed by atoms with Gasteiger partial charge in [-0.2, -0.15) is 0 Å². The van der Waals surface area contributed by atoms with Crippen LogP contribution in [0, 0.1) is 6.92 Å². The first-order valence-corrected chi connectivity index (χ1v) is 9.43. The van der Waals surface area contributed by atoms with Crippen LogP contribution in [0.1, 0.15) is 25.3 Å². The Morgan fingerprint density at radius 1 is 1.11 bits per heavy atom. The molecule has 150 valence electrons. The summed E-state index contributed by atoms with van der Waals surface area (Å²) in [5.41, 5.74) is 1.47. The molecule has 0 unspecified atom stereocenters. The smallest absolute Gasteiger partial charge is 0.306 e. The van der Waals surface area contributed by atoms with Crippen LogP contribution in [0.3, 0.4) is 0 Å². The number of hydrogen-bond donors (Lipinski definition) is 1. The second-order valence-corrected chi connectivity index (χ2v) is 6.41. The average molecular weight is 406 g/mol. The van der Waals surface area contributed by atoms with Crippen LogP contribution in [0.2, 0.25) is 5.02 Å². The maximum Gasteiger partial charge on any atom is 0.306 e. The molecule has 1 N–H and O–H groups in total. The number of benzene rings is 2. The fraction of sp³-hybridized carbons (Fsp3) is 0.333. The zero-order valence-electron chi connectivity index (χ0n) is 16.0. The van der Waals surface area contributed by atoms with Crippen LogP contribution >= 0.6 is 11.6 Å². The van der Waals surface area contributed by atoms with Gasteiger partial charge in [-0.3, -0.25) is 9.59 Å². The van der Waals surface area contributed by atoms with Crippen molar-refractivity contribution < 1.29 is 23.8 Å². The minimum absolute atomic E-state index is 0.162. The summed E-state index contributed by atoms with van der Waals surface area (Å²) >= 11 is 5.96. The van der Waals surface area contributed by atoms with E-state index in [0.717, 1.165) is 5.56 Å². The summed E-state index contributed by atoms with van der Waals surface area (Å²) in [5.74, 6) is 0.388. The Labute approximate surface area is 169 Å². The van der Waals surface area contributed by atoms with Crippen LogP contribution < -0.4 is 14.8 Å². The number of halogens is 1. The molecule has 0 radical (unpaired) electrons. The lowest BCUT2D eigenvalue weighted by Gasteiger charge is -2.11. The normalized spacial score (nSPS) is 10.2. The third-order valence-electron chi connectivity index (χ3n) is 3.75. The van der Waals surface area contributed by atoms with Crippen LogP contribution in [0.15, 0.2) is 42.5 Å². The summed E-state index contributed by atoms with van der Waals surface area (Å²) in [4.78, 5) is 23.7. The Morgan fingerprint density at radius 3 is 2.64 bits per heavy atom. The summed E-state index contributed by atoms with van der Waals surface area (Å²) in [6.07, 6.45) is 0.644. The van der Waals surface area contributed by atoms with Gasteiger partial charge in [0.15, 0.2) is 6.61 Å². The topological polar surface area (TPSA) is 73.9 Å². The lowest BCUT2D eigenvalue weighted by molar-refractivity contribution is -0.147. The van der Waals surface area contributed by atoms with E-state index in [4.69, 9.17) is 25.8 Å². The molecular weight excluding hydrogens is 382 g/mol. The van der Waals surface area contributed by atoms with Gasteiger partial charge < -0.3 is 19.5 Å². The number of amides is 1. The van der Waals surface area contributed by atoms with Gasteiger partial charge in [0.25, 0.3) is 5.91 Å². The van der Waals surface area contributed by atoms with Crippen LogP contribution in [0.25, 0.3) is 0 Å². The van der Waals surface area contributed by atoms with Crippen molar-refractivity contribution >= 4 is 29.2 Å². The minimum atomic E-state index is -0.455. The van der Waals surface area contributed by atoms with Crippen LogP contribution in [0.4, 0.5) is 5.69 Å². The molecule has 0 aliphatic rings. The van der Waals surface area contributed by atoms with Gasteiger partial charge in [0.05, 0.1) is 18.9 Å². The highest BCUT2D eigenvalue weighted by molar-refractivity contribution is 6.31. The fourth-order valence-corrected chi connectivity index (χ4v) is 2.49. The second kappa shape index (κ2) is 11.2. The molecular formula is C21H24ClNO5. The van der Waals surface area contributed by atoms with Gasteiger partial charge in [0.2, 0.25) is 0 Å². The molecule has 2 rings (SSSR count). The van der Waals surface area contributed by atoms with E-state index in [1.54, 1.807) is 30.3 Å². The number of hydrogen-bond acceptors (Lipinski definition) is 5. The largest absolute Gasteiger partial charge is 0.494 e. The molecule has 0 atom stereocenters. The SMILES string of the molecule is CCOc1ccccc1NC(=O)COC(=O)CCCOc1ccc(Cl)c(C)c1. The predicted molar refractivity (Wildman–Crippen MR) is 108 cm³/mol. The number of nitrogens with one attached hydrogen (secondary N) is 1. The third-order valence-corrected chi connectivity index (χ3v) is 4.17. The maximum atomic E-state index is 12.0. The predicted octanol–water partition coefficient (Wildman–Crippen LogP) is 4.39. The number of anilines is 1. The molecule has 0 aliphatic heterocycles. The Kier molecular flexibility index (Phi) is 8.62. The molecule has 0 spiro atoms. The molecule has 0 fully saturated rings. The van der Waals surface area contributed by atoms with Gasteiger partial charge in [-0.15, -0.1) is 0 Å². The van der Waals surface area contributed by atoms with Crippen molar-refractivity contribution in [3.63, 3.8) is 0 Å². The molecule has 0 bridgehead atoms. The number of aryl methyl sites for hydroxylation is 1. The minimum Gasteiger partial charge on any atom is -0.494 e. The molecule has 0 aromatic heterocycles. The van der Waals surface area contributed by atoms with Crippen molar-refractivity contribution in [2.24, 2.45) is 0 Å². The van der Waals surface area contributed by atoms with Crippen molar-refractivity contribution in [2.45, 2.75) is 26.7 Å². The first kappa shape index (κ1) is 21.6. The number of ether oxygens (including phenoxy) is 3. The molecule has 0 aliphatic carbocycles. The average Bonchev–Trinajstić information content (AvgIpc) is 2.68. The number of rotatable bonds is 10. The summed E-state index contributed by atoms with van der Waals surface area (Å²) in [6, 6.07) is 12.5. The quantitative estimate of drug-likeness (QED) is 0.468. The van der Waals surface area contributed by atoms with E-state index >= 15 is 0 Å². The van der Waals surface area contributed by atoms with E-state index in [1.807, 2.05) is 26.0 Å². The van der Waals surface area contributed by atoms with Gasteiger partial charge in [-0.25, -0.2) is 0 Å². The summed E-state index contributed by atoms with van der Waals surface area (Å²) in [5, 5.41) is 3.35. The zero-order chi connectivity index (χ0) is 20.4. The van der Waals surface area contributed by atoms with Crippen molar-refractivity contribution in [3.05, 3.63) is 53.1 Å². The number of carbonyl (C=O) groups is 2. The summed E-state index contributed by atoms with van der Waals surface area (Å²) in [6.45, 7) is 4.25. The lowest BCUT2D eigenvalue weighted by Crippen LogP contribution is -2.21. The van der Waals surface area contributed by atoms with Crippen molar-refractivity contribution in [1.82, 2.24) is 0 Å². The molecule has 6 nitrogen and oxygen atoms in total. The summed E-state index contributed by atoms with van der Waals surface area (Å²) in [7, 11) is 0. The molecule has 28 heavy (non-hydrogen) atoms. The highest BCUT2D eigenvalue weighted by Gasteiger charge is 2.10. The Morgan fingerprint density at radius 2 is 1.89 bits per heavy atom. The van der Waals surface area contributed by atoms with Crippen LogP contribution in [-0.2, 0) is 14.3 Å². The highest BCUT2D eigenvalue weighted by atomic mass is 35.5. The van der Waals surface area contributed by atoms with Crippen LogP contribution in [0.5, 0.6) is 11.5 Å². The monoisotopic (exact) mass is 405 g/mol. The van der Waals surface area contributed by atoms with Crippen molar-refractivity contribution in [3.8, 4) is 11.5 Å². The standard InChI is InChI=1S/C21H24ClNO5/c1-3-26-19-8-5-4-7-18(19)23-20(24)14-28-21(25)9-6-12-27-16-10-11-17(22)15(2)13-16/h4-5,7-8,10-11,13H,3,6,9,12,14H2,1-2H3,(H,23,24). The first-order valence-electron chi connectivity index (χ1n) is 9.06. The van der Waals surface area contributed by atoms with Gasteiger partial charge in [0, 0.05) is 11.4 Å². The molecule has 0 saturated heterocycles. The van der Waals surface area contributed by atoms with E-state index in [0.29, 0.717) is 41.8 Å². The van der Waals surface area contributed by atoms with E-state index in [1.165, 1.54) is 0 Å². The number of para-hydroxylation sites is 2. The fourth-order valence-electron chi connectivity index (χ4n) is 2.37. The van der Waals surface area contributed by atoms with Gasteiger partial charge in [-0.05, 0) is 56.2 Å². The van der Waals surface area contributed by atoms with Crippen LogP contribution in [-0.4, -0.2) is 31.7 Å². The number of carbonyl (C=O) groups excluding carboxylic acids is 2. The molecule has 1 amide bonds. The Bertz CT molecular complexity index is 809.